The molecule has 3 atom stereocenters. The molecule has 2 aromatic rings. The van der Waals surface area contributed by atoms with Crippen molar-refractivity contribution in [2.24, 2.45) is 11.3 Å². The molecule has 4 rings (SSSR count). The summed E-state index contributed by atoms with van der Waals surface area (Å²) in [5, 5.41) is 10.0. The van der Waals surface area contributed by atoms with E-state index in [-0.39, 0.29) is 11.8 Å². The summed E-state index contributed by atoms with van der Waals surface area (Å²) in [6.07, 6.45) is 6.87. The number of benzene rings is 1. The number of carbonyl (C=O) groups excluding carboxylic acids is 1. The number of rotatable bonds is 5. The minimum absolute atomic E-state index is 0.0197. The fourth-order valence-electron chi connectivity index (χ4n) is 4.97. The van der Waals surface area contributed by atoms with Gasteiger partial charge in [0.05, 0.1) is 5.41 Å². The molecule has 2 aliphatic rings. The maximum absolute atomic E-state index is 12.8. The Kier molecular flexibility index (Phi) is 5.16. The molecule has 1 aliphatic carbocycles. The number of hydrogen-bond acceptors (Lipinski definition) is 3. The molecule has 1 aromatic heterocycles. The average molecular weight is 378 g/mol. The summed E-state index contributed by atoms with van der Waals surface area (Å²) < 4.78 is 0. The van der Waals surface area contributed by atoms with Gasteiger partial charge in [0.15, 0.2) is 0 Å². The number of fused-ring (bicyclic) bond motifs is 1. The van der Waals surface area contributed by atoms with E-state index in [4.69, 9.17) is 0 Å². The van der Waals surface area contributed by atoms with Crippen molar-refractivity contribution in [3.05, 3.63) is 66.0 Å². The first-order chi connectivity index (χ1) is 13.6. The third-order valence-electron chi connectivity index (χ3n) is 6.60. The zero-order valence-electron chi connectivity index (χ0n) is 16.0. The molecule has 0 bridgehead atoms. The van der Waals surface area contributed by atoms with E-state index in [9.17, 15) is 14.7 Å². The van der Waals surface area contributed by atoms with Gasteiger partial charge in [-0.15, -0.1) is 0 Å². The third-order valence-corrected chi connectivity index (χ3v) is 6.60. The number of likely N-dealkylation sites (tertiary alicyclic amines) is 1. The van der Waals surface area contributed by atoms with E-state index in [1.807, 2.05) is 30.3 Å². The summed E-state index contributed by atoms with van der Waals surface area (Å²) >= 11 is 0. The zero-order valence-corrected chi connectivity index (χ0v) is 16.0. The molecule has 1 amide bonds. The fourth-order valence-corrected chi connectivity index (χ4v) is 4.97. The highest BCUT2D eigenvalue weighted by molar-refractivity contribution is 5.81. The molecule has 5 heteroatoms. The van der Waals surface area contributed by atoms with Gasteiger partial charge in [-0.1, -0.05) is 36.4 Å². The van der Waals surface area contributed by atoms with E-state index < -0.39 is 11.4 Å². The molecule has 2 heterocycles. The average Bonchev–Trinajstić information content (AvgIpc) is 3.14. The van der Waals surface area contributed by atoms with Crippen LogP contribution in [-0.2, 0) is 16.0 Å². The minimum Gasteiger partial charge on any atom is -0.481 e. The Bertz CT molecular complexity index is 839. The van der Waals surface area contributed by atoms with Crippen LogP contribution >= 0.6 is 0 Å². The van der Waals surface area contributed by atoms with Crippen LogP contribution < -0.4 is 0 Å². The summed E-state index contributed by atoms with van der Waals surface area (Å²) in [5.41, 5.74) is 1.53. The van der Waals surface area contributed by atoms with Crippen LogP contribution in [0.2, 0.25) is 0 Å². The van der Waals surface area contributed by atoms with Gasteiger partial charge in [0.1, 0.15) is 0 Å². The molecule has 1 aliphatic heterocycles. The Labute approximate surface area is 165 Å². The highest BCUT2D eigenvalue weighted by Gasteiger charge is 2.55. The Hall–Kier alpha value is -2.69. The topological polar surface area (TPSA) is 70.5 Å². The molecule has 5 nitrogen and oxygen atoms in total. The standard InChI is InChI=1S/C23H26N2O3/c26-21(9-8-17-5-4-12-24-14-17)25-15-20-13-19(18-6-2-1-3-7-18)10-11-23(20,16-25)22(27)28/h1-7,12,14,19-20H,8-11,13,15-16H2,(H,27,28)/t19-,20-,23-/m0/s1. The van der Waals surface area contributed by atoms with Gasteiger partial charge in [0.25, 0.3) is 0 Å². The SMILES string of the molecule is O=C(CCc1cccnc1)N1C[C@@H]2C[C@@H](c3ccccc3)CC[C@]2(C(=O)O)C1. The fraction of sp³-hybridized carbons (Fsp3) is 0.435. The van der Waals surface area contributed by atoms with Crippen molar-refractivity contribution < 1.29 is 14.7 Å². The smallest absolute Gasteiger partial charge is 0.311 e. The lowest BCUT2D eigenvalue weighted by Gasteiger charge is -2.38. The predicted octanol–water partition coefficient (Wildman–Crippen LogP) is 3.51. The molecule has 146 valence electrons. The number of carboxylic acids is 1. The van der Waals surface area contributed by atoms with E-state index in [2.05, 4.69) is 17.1 Å². The summed E-state index contributed by atoms with van der Waals surface area (Å²) in [4.78, 5) is 30.9. The van der Waals surface area contributed by atoms with Gasteiger partial charge in [0.2, 0.25) is 5.91 Å². The second-order valence-electron chi connectivity index (χ2n) is 8.18. The minimum atomic E-state index is -0.782. The Morgan fingerprint density at radius 2 is 2.00 bits per heavy atom. The second kappa shape index (κ2) is 7.74. The number of amides is 1. The molecule has 1 N–H and O–H groups in total. The molecular weight excluding hydrogens is 352 g/mol. The largest absolute Gasteiger partial charge is 0.481 e. The van der Waals surface area contributed by atoms with Crippen molar-refractivity contribution in [2.75, 3.05) is 13.1 Å². The van der Waals surface area contributed by atoms with E-state index in [1.54, 1.807) is 17.3 Å². The van der Waals surface area contributed by atoms with Crippen molar-refractivity contribution in [1.82, 2.24) is 9.88 Å². The first-order valence-electron chi connectivity index (χ1n) is 10.0. The van der Waals surface area contributed by atoms with Crippen LogP contribution in [-0.4, -0.2) is 40.0 Å². The third kappa shape index (κ3) is 3.53. The van der Waals surface area contributed by atoms with E-state index >= 15 is 0 Å². The second-order valence-corrected chi connectivity index (χ2v) is 8.18. The molecule has 1 saturated heterocycles. The molecule has 1 saturated carbocycles. The van der Waals surface area contributed by atoms with Gasteiger partial charge in [-0.25, -0.2) is 0 Å². The Balaban J connectivity index is 1.45. The summed E-state index contributed by atoms with van der Waals surface area (Å²) in [6, 6.07) is 14.2. The van der Waals surface area contributed by atoms with Crippen molar-refractivity contribution in [2.45, 2.75) is 38.0 Å². The van der Waals surface area contributed by atoms with Crippen LogP contribution in [0.15, 0.2) is 54.9 Å². The summed E-state index contributed by atoms with van der Waals surface area (Å²) in [5.74, 6) is -0.294. The zero-order chi connectivity index (χ0) is 19.6. The first kappa shape index (κ1) is 18.7. The highest BCUT2D eigenvalue weighted by Crippen LogP contribution is 2.51. The first-order valence-corrected chi connectivity index (χ1v) is 10.0. The van der Waals surface area contributed by atoms with E-state index in [0.29, 0.717) is 38.3 Å². The molecule has 0 radical (unpaired) electrons. The number of aromatic nitrogens is 1. The number of hydrogen-bond donors (Lipinski definition) is 1. The van der Waals surface area contributed by atoms with Gasteiger partial charge < -0.3 is 10.0 Å². The molecule has 2 fully saturated rings. The lowest BCUT2D eigenvalue weighted by atomic mass is 9.64. The summed E-state index contributed by atoms with van der Waals surface area (Å²) in [7, 11) is 0. The summed E-state index contributed by atoms with van der Waals surface area (Å²) in [6.45, 7) is 0.905. The predicted molar refractivity (Wildman–Crippen MR) is 106 cm³/mol. The van der Waals surface area contributed by atoms with Crippen LogP contribution in [0, 0.1) is 11.3 Å². The number of nitrogens with zero attached hydrogens (tertiary/aromatic N) is 2. The number of pyridine rings is 1. The molecule has 0 spiro atoms. The van der Waals surface area contributed by atoms with Crippen LogP contribution in [0.25, 0.3) is 0 Å². The number of aliphatic carboxylic acids is 1. The maximum Gasteiger partial charge on any atom is 0.311 e. The van der Waals surface area contributed by atoms with Crippen molar-refractivity contribution in [1.29, 1.82) is 0 Å². The number of carboxylic acid groups (broad SMARTS) is 1. The maximum atomic E-state index is 12.8. The van der Waals surface area contributed by atoms with Crippen LogP contribution in [0.5, 0.6) is 0 Å². The van der Waals surface area contributed by atoms with Crippen molar-refractivity contribution in [3.63, 3.8) is 0 Å². The lowest BCUT2D eigenvalue weighted by molar-refractivity contribution is -0.152. The van der Waals surface area contributed by atoms with Gasteiger partial charge in [-0.05, 0) is 54.7 Å². The van der Waals surface area contributed by atoms with Crippen LogP contribution in [0.1, 0.15) is 42.7 Å². The number of aryl methyl sites for hydroxylation is 1. The normalized spacial score (nSPS) is 26.6. The molecule has 28 heavy (non-hydrogen) atoms. The van der Waals surface area contributed by atoms with E-state index in [0.717, 1.165) is 18.4 Å². The van der Waals surface area contributed by atoms with Crippen LogP contribution in [0.4, 0.5) is 0 Å². The van der Waals surface area contributed by atoms with Crippen LogP contribution in [0.3, 0.4) is 0 Å². The van der Waals surface area contributed by atoms with E-state index in [1.165, 1.54) is 5.56 Å². The van der Waals surface area contributed by atoms with Gasteiger partial charge >= 0.3 is 5.97 Å². The molecule has 0 unspecified atom stereocenters. The molecular formula is C23H26N2O3. The Morgan fingerprint density at radius 1 is 1.18 bits per heavy atom. The van der Waals surface area contributed by atoms with Gasteiger partial charge in [0, 0.05) is 31.9 Å². The van der Waals surface area contributed by atoms with Crippen molar-refractivity contribution >= 4 is 11.9 Å². The number of carbonyl (C=O) groups is 2. The quantitative estimate of drug-likeness (QED) is 0.864. The van der Waals surface area contributed by atoms with Crippen molar-refractivity contribution in [3.8, 4) is 0 Å². The lowest BCUT2D eigenvalue weighted by Crippen LogP contribution is -2.43. The monoisotopic (exact) mass is 378 g/mol. The van der Waals surface area contributed by atoms with Gasteiger partial charge in [-0.3, -0.25) is 14.6 Å². The Morgan fingerprint density at radius 3 is 2.71 bits per heavy atom. The highest BCUT2D eigenvalue weighted by atomic mass is 16.4. The van der Waals surface area contributed by atoms with Gasteiger partial charge in [-0.2, -0.15) is 0 Å². The molecule has 1 aromatic carbocycles.